The van der Waals surface area contributed by atoms with E-state index in [4.69, 9.17) is 4.74 Å². The van der Waals surface area contributed by atoms with Gasteiger partial charge in [0.2, 0.25) is 0 Å². The normalized spacial score (nSPS) is 14.0. The quantitative estimate of drug-likeness (QED) is 0.187. The van der Waals surface area contributed by atoms with E-state index >= 15 is 0 Å². The smallest absolute Gasteiger partial charge is 0.135 e. The molecule has 0 atom stereocenters. The standard InChI is InChI=1S/C45H26O/c1-2-11-30-27(10-1)21-24-39-43(30)36-22-20-28(26-40(36)45(39)37-17-6-3-12-31(37)32-13-4-7-18-38(32)45)29-23-25-42-44-34(29)15-9-16-35(44)33-14-5-8-19-41(33)46-42/h1-26H. The van der Waals surface area contributed by atoms with Crippen LogP contribution in [-0.2, 0) is 5.41 Å². The highest BCUT2D eigenvalue weighted by Crippen LogP contribution is 2.64. The summed E-state index contributed by atoms with van der Waals surface area (Å²) in [5.41, 5.74) is 15.2. The lowest BCUT2D eigenvalue weighted by Crippen LogP contribution is -2.25. The monoisotopic (exact) mass is 582 g/mol. The molecular weight excluding hydrogens is 556 g/mol. The fourth-order valence-corrected chi connectivity index (χ4v) is 8.91. The van der Waals surface area contributed by atoms with Gasteiger partial charge < -0.3 is 4.74 Å². The largest absolute Gasteiger partial charge is 0.456 e. The molecule has 1 heteroatoms. The first-order valence-electron chi connectivity index (χ1n) is 16.0. The summed E-state index contributed by atoms with van der Waals surface area (Å²) in [5, 5.41) is 4.98. The van der Waals surface area contributed by atoms with Gasteiger partial charge in [0.1, 0.15) is 11.5 Å². The Morgan fingerprint density at radius 2 is 1.04 bits per heavy atom. The van der Waals surface area contributed by atoms with Crippen molar-refractivity contribution in [3.63, 3.8) is 0 Å². The van der Waals surface area contributed by atoms with Gasteiger partial charge in [-0.15, -0.1) is 0 Å². The average molecular weight is 583 g/mol. The minimum atomic E-state index is -0.397. The van der Waals surface area contributed by atoms with Crippen molar-refractivity contribution in [1.82, 2.24) is 0 Å². The molecule has 8 aromatic carbocycles. The van der Waals surface area contributed by atoms with E-state index in [1.54, 1.807) is 0 Å². The van der Waals surface area contributed by atoms with E-state index in [-0.39, 0.29) is 0 Å². The highest BCUT2D eigenvalue weighted by molar-refractivity contribution is 6.11. The number of hydrogen-bond donors (Lipinski definition) is 0. The molecule has 1 aliphatic heterocycles. The lowest BCUT2D eigenvalue weighted by molar-refractivity contribution is 0.487. The molecule has 0 unspecified atom stereocenters. The summed E-state index contributed by atoms with van der Waals surface area (Å²) in [6.45, 7) is 0. The Bertz CT molecular complexity index is 2580. The molecule has 0 bridgehead atoms. The Morgan fingerprint density at radius 3 is 1.89 bits per heavy atom. The third-order valence-corrected chi connectivity index (χ3v) is 10.7. The highest BCUT2D eigenvalue weighted by Gasteiger charge is 2.52. The van der Waals surface area contributed by atoms with Crippen LogP contribution in [0.1, 0.15) is 22.3 Å². The molecule has 3 aliphatic rings. The Labute approximate surface area is 267 Å². The zero-order valence-corrected chi connectivity index (χ0v) is 24.9. The molecule has 46 heavy (non-hydrogen) atoms. The van der Waals surface area contributed by atoms with Gasteiger partial charge in [-0.3, -0.25) is 0 Å². The van der Waals surface area contributed by atoms with Gasteiger partial charge in [0.15, 0.2) is 0 Å². The highest BCUT2D eigenvalue weighted by atomic mass is 16.5. The predicted octanol–water partition coefficient (Wildman–Crippen LogP) is 11.8. The van der Waals surface area contributed by atoms with Gasteiger partial charge >= 0.3 is 0 Å². The van der Waals surface area contributed by atoms with Crippen LogP contribution in [0.4, 0.5) is 0 Å². The van der Waals surface area contributed by atoms with Crippen LogP contribution >= 0.6 is 0 Å². The van der Waals surface area contributed by atoms with Gasteiger partial charge in [-0.2, -0.15) is 0 Å². The number of benzene rings is 8. The van der Waals surface area contributed by atoms with Gasteiger partial charge in [0.05, 0.1) is 5.41 Å². The van der Waals surface area contributed by atoms with Gasteiger partial charge in [-0.1, -0.05) is 140 Å². The SMILES string of the molecule is c1ccc2c(c1)Oc1ccc(-c3ccc4c(c3)C3(c5ccccc5-c5ccccc53)c3ccc5ccccc5c3-4)c3cccc-2c13. The molecule has 0 saturated carbocycles. The predicted molar refractivity (Wildman–Crippen MR) is 189 cm³/mol. The van der Waals surface area contributed by atoms with Crippen molar-refractivity contribution in [3.05, 3.63) is 180 Å². The second kappa shape index (κ2) is 8.62. The third-order valence-electron chi connectivity index (χ3n) is 10.7. The summed E-state index contributed by atoms with van der Waals surface area (Å²) >= 11 is 0. The second-order valence-electron chi connectivity index (χ2n) is 12.7. The molecular formula is C45H26O. The second-order valence-corrected chi connectivity index (χ2v) is 12.7. The third kappa shape index (κ3) is 2.87. The molecule has 0 N–H and O–H groups in total. The lowest BCUT2D eigenvalue weighted by atomic mass is 9.70. The van der Waals surface area contributed by atoms with E-state index < -0.39 is 5.41 Å². The van der Waals surface area contributed by atoms with Crippen LogP contribution in [0.15, 0.2) is 158 Å². The van der Waals surface area contributed by atoms with Gasteiger partial charge in [-0.25, -0.2) is 0 Å². The fraction of sp³-hybridized carbons (Fsp3) is 0.0222. The summed E-state index contributed by atoms with van der Waals surface area (Å²) in [5.74, 6) is 1.83. The first-order chi connectivity index (χ1) is 22.8. The van der Waals surface area contributed by atoms with Crippen LogP contribution < -0.4 is 4.74 Å². The van der Waals surface area contributed by atoms with E-state index in [0.29, 0.717) is 0 Å². The van der Waals surface area contributed by atoms with Crippen molar-refractivity contribution in [2.45, 2.75) is 5.41 Å². The maximum atomic E-state index is 6.45. The number of ether oxygens (including phenoxy) is 1. The first-order valence-corrected chi connectivity index (χ1v) is 16.0. The van der Waals surface area contributed by atoms with E-state index in [0.717, 1.165) is 17.1 Å². The van der Waals surface area contributed by atoms with Crippen molar-refractivity contribution in [2.75, 3.05) is 0 Å². The summed E-state index contributed by atoms with van der Waals surface area (Å²) < 4.78 is 6.45. The minimum Gasteiger partial charge on any atom is -0.456 e. The zero-order chi connectivity index (χ0) is 30.0. The molecule has 0 amide bonds. The molecule has 0 aromatic heterocycles. The van der Waals surface area contributed by atoms with Crippen molar-refractivity contribution in [3.8, 4) is 56.0 Å². The van der Waals surface area contributed by atoms with Crippen molar-refractivity contribution >= 4 is 21.5 Å². The molecule has 212 valence electrons. The number of para-hydroxylation sites is 1. The molecule has 0 radical (unpaired) electrons. The molecule has 8 aromatic rings. The van der Waals surface area contributed by atoms with Crippen molar-refractivity contribution in [2.24, 2.45) is 0 Å². The molecule has 1 heterocycles. The average Bonchev–Trinajstić information content (AvgIpc) is 3.59. The molecule has 0 saturated heterocycles. The van der Waals surface area contributed by atoms with E-state index in [9.17, 15) is 0 Å². The zero-order valence-electron chi connectivity index (χ0n) is 24.9. The molecule has 1 spiro atoms. The van der Waals surface area contributed by atoms with E-state index in [1.807, 2.05) is 6.07 Å². The Hall–Kier alpha value is -5.92. The van der Waals surface area contributed by atoms with Crippen LogP contribution in [0.3, 0.4) is 0 Å². The summed E-state index contributed by atoms with van der Waals surface area (Å²) in [6.07, 6.45) is 0. The van der Waals surface area contributed by atoms with Gasteiger partial charge in [-0.05, 0) is 95.6 Å². The Morgan fingerprint density at radius 1 is 0.370 bits per heavy atom. The van der Waals surface area contributed by atoms with E-state index in [2.05, 4.69) is 152 Å². The molecule has 0 fully saturated rings. The van der Waals surface area contributed by atoms with Crippen LogP contribution in [0.5, 0.6) is 11.5 Å². The Balaban J connectivity index is 1.24. The summed E-state index contributed by atoms with van der Waals surface area (Å²) in [6, 6.07) is 58.3. The Kier molecular flexibility index (Phi) is 4.57. The maximum absolute atomic E-state index is 6.45. The van der Waals surface area contributed by atoms with Crippen LogP contribution in [0, 0.1) is 0 Å². The van der Waals surface area contributed by atoms with Gasteiger partial charge in [0.25, 0.3) is 0 Å². The van der Waals surface area contributed by atoms with E-state index in [1.165, 1.54) is 82.7 Å². The number of fused-ring (bicyclic) bond motifs is 14. The summed E-state index contributed by atoms with van der Waals surface area (Å²) in [4.78, 5) is 0. The molecule has 1 nitrogen and oxygen atoms in total. The number of rotatable bonds is 1. The van der Waals surface area contributed by atoms with Crippen LogP contribution in [0.2, 0.25) is 0 Å². The topological polar surface area (TPSA) is 9.23 Å². The van der Waals surface area contributed by atoms with Crippen molar-refractivity contribution < 1.29 is 4.74 Å². The molecule has 2 aliphatic carbocycles. The first kappa shape index (κ1) is 24.4. The van der Waals surface area contributed by atoms with Crippen LogP contribution in [-0.4, -0.2) is 0 Å². The fourth-order valence-electron chi connectivity index (χ4n) is 8.91. The van der Waals surface area contributed by atoms with Crippen molar-refractivity contribution in [1.29, 1.82) is 0 Å². The van der Waals surface area contributed by atoms with Crippen LogP contribution in [0.25, 0.3) is 66.1 Å². The minimum absolute atomic E-state index is 0.397. The van der Waals surface area contributed by atoms with Gasteiger partial charge in [0, 0.05) is 10.9 Å². The summed E-state index contributed by atoms with van der Waals surface area (Å²) in [7, 11) is 0. The lowest BCUT2D eigenvalue weighted by Gasteiger charge is -2.31. The molecule has 11 rings (SSSR count). The number of hydrogen-bond acceptors (Lipinski definition) is 1. The maximum Gasteiger partial charge on any atom is 0.135 e.